The van der Waals surface area contributed by atoms with Crippen LogP contribution < -0.4 is 9.46 Å². The van der Waals surface area contributed by atoms with E-state index in [2.05, 4.69) is 9.71 Å². The molecule has 0 aliphatic carbocycles. The zero-order chi connectivity index (χ0) is 29.5. The molecule has 3 aromatic carbocycles. The summed E-state index contributed by atoms with van der Waals surface area (Å²) in [5.41, 5.74) is 4.22. The summed E-state index contributed by atoms with van der Waals surface area (Å²) in [6.07, 6.45) is 2.02. The molecule has 2 N–H and O–H groups in total. The second-order valence-electron chi connectivity index (χ2n) is 11.3. The van der Waals surface area contributed by atoms with E-state index in [0.717, 1.165) is 29.7 Å². The van der Waals surface area contributed by atoms with Crippen LogP contribution in [0.2, 0.25) is 0 Å². The molecule has 8 nitrogen and oxygen atoms in total. The van der Waals surface area contributed by atoms with Crippen LogP contribution >= 0.6 is 0 Å². The van der Waals surface area contributed by atoms with E-state index in [1.54, 1.807) is 64.2 Å². The first-order valence-corrected chi connectivity index (χ1v) is 15.0. The van der Waals surface area contributed by atoms with Crippen LogP contribution in [-0.4, -0.2) is 36.7 Å². The molecule has 4 aromatic rings. The van der Waals surface area contributed by atoms with Crippen molar-refractivity contribution in [1.82, 2.24) is 4.98 Å². The Morgan fingerprint density at radius 2 is 1.88 bits per heavy atom. The van der Waals surface area contributed by atoms with E-state index in [1.807, 2.05) is 25.1 Å². The number of aryl methyl sites for hydroxylation is 2. The van der Waals surface area contributed by atoms with Gasteiger partial charge in [-0.3, -0.25) is 9.71 Å². The highest BCUT2D eigenvalue weighted by Crippen LogP contribution is 2.42. The minimum atomic E-state index is -4.06. The molecule has 0 amide bonds. The third kappa shape index (κ3) is 5.78. The first-order chi connectivity index (χ1) is 19.4. The Kier molecular flexibility index (Phi) is 7.52. The SMILES string of the molecule is Cc1cc(NS(=O)(=O)c2cccc3ncccc23)c(C)c(C(OC(C)(C)C)C(=O)O)c1-c1ccc2c(c1)CCCO2. The largest absolute Gasteiger partial charge is 0.493 e. The average molecular weight is 575 g/mol. The Bertz CT molecular complexity index is 1750. The first kappa shape index (κ1) is 28.6. The minimum absolute atomic E-state index is 0.0844. The second-order valence-corrected chi connectivity index (χ2v) is 13.0. The van der Waals surface area contributed by atoms with Crippen LogP contribution in [0, 0.1) is 13.8 Å². The molecule has 41 heavy (non-hydrogen) atoms. The van der Waals surface area contributed by atoms with Crippen LogP contribution in [0.25, 0.3) is 22.0 Å². The summed E-state index contributed by atoms with van der Waals surface area (Å²) in [6.45, 7) is 9.62. The Morgan fingerprint density at radius 3 is 2.61 bits per heavy atom. The van der Waals surface area contributed by atoms with Crippen LogP contribution in [-0.2, 0) is 26.0 Å². The van der Waals surface area contributed by atoms with E-state index in [9.17, 15) is 18.3 Å². The Hall–Kier alpha value is -3.95. The predicted octanol–water partition coefficient (Wildman–Crippen LogP) is 6.59. The summed E-state index contributed by atoms with van der Waals surface area (Å²) < 4.78 is 42.1. The minimum Gasteiger partial charge on any atom is -0.493 e. The van der Waals surface area contributed by atoms with Crippen molar-refractivity contribution in [2.75, 3.05) is 11.3 Å². The van der Waals surface area contributed by atoms with E-state index in [0.29, 0.717) is 39.8 Å². The van der Waals surface area contributed by atoms with Crippen molar-refractivity contribution < 1.29 is 27.8 Å². The Morgan fingerprint density at radius 1 is 1.10 bits per heavy atom. The Labute approximate surface area is 240 Å². The number of carboxylic acids is 1. The summed E-state index contributed by atoms with van der Waals surface area (Å²) in [4.78, 5) is 17.1. The molecule has 1 atom stereocenters. The molecule has 9 heteroatoms. The lowest BCUT2D eigenvalue weighted by atomic mass is 9.86. The van der Waals surface area contributed by atoms with Gasteiger partial charge in [0.25, 0.3) is 10.0 Å². The van der Waals surface area contributed by atoms with Gasteiger partial charge in [-0.05, 0) is 118 Å². The number of fused-ring (bicyclic) bond motifs is 2. The van der Waals surface area contributed by atoms with Crippen LogP contribution in [0.1, 0.15) is 55.5 Å². The van der Waals surface area contributed by atoms with Crippen molar-refractivity contribution in [1.29, 1.82) is 0 Å². The average Bonchev–Trinajstić information content (AvgIpc) is 2.92. The van der Waals surface area contributed by atoms with E-state index >= 15 is 0 Å². The fraction of sp³-hybridized carbons (Fsp3) is 0.312. The molecule has 1 aromatic heterocycles. The first-order valence-electron chi connectivity index (χ1n) is 13.5. The van der Waals surface area contributed by atoms with E-state index < -0.39 is 27.7 Å². The zero-order valence-electron chi connectivity index (χ0n) is 23.8. The number of rotatable bonds is 7. The second kappa shape index (κ2) is 10.8. The number of nitrogens with zero attached hydrogens (tertiary/aromatic N) is 1. The number of benzene rings is 3. The monoisotopic (exact) mass is 574 g/mol. The number of anilines is 1. The van der Waals surface area contributed by atoms with Crippen LogP contribution in [0.3, 0.4) is 0 Å². The van der Waals surface area contributed by atoms with Gasteiger partial charge in [0.2, 0.25) is 0 Å². The van der Waals surface area contributed by atoms with E-state index in [1.165, 1.54) is 6.07 Å². The molecule has 1 aliphatic rings. The van der Waals surface area contributed by atoms with Crippen molar-refractivity contribution in [2.24, 2.45) is 0 Å². The molecule has 2 heterocycles. The number of carbonyl (C=O) groups is 1. The maximum Gasteiger partial charge on any atom is 0.337 e. The molecule has 214 valence electrons. The molecule has 0 bridgehead atoms. The lowest BCUT2D eigenvalue weighted by Crippen LogP contribution is -2.28. The smallest absolute Gasteiger partial charge is 0.337 e. The summed E-state index contributed by atoms with van der Waals surface area (Å²) in [5, 5.41) is 10.9. The van der Waals surface area contributed by atoms with Crippen molar-refractivity contribution in [3.05, 3.63) is 83.0 Å². The number of hydrogen-bond acceptors (Lipinski definition) is 6. The highest BCUT2D eigenvalue weighted by molar-refractivity contribution is 7.93. The van der Waals surface area contributed by atoms with Gasteiger partial charge >= 0.3 is 5.97 Å². The fourth-order valence-corrected chi connectivity index (χ4v) is 6.70. The van der Waals surface area contributed by atoms with Gasteiger partial charge in [0, 0.05) is 17.1 Å². The lowest BCUT2D eigenvalue weighted by molar-refractivity contribution is -0.160. The van der Waals surface area contributed by atoms with Crippen molar-refractivity contribution in [2.45, 2.75) is 64.1 Å². The van der Waals surface area contributed by atoms with Crippen LogP contribution in [0.15, 0.2) is 65.7 Å². The van der Waals surface area contributed by atoms with Crippen LogP contribution in [0.4, 0.5) is 5.69 Å². The highest BCUT2D eigenvalue weighted by atomic mass is 32.2. The van der Waals surface area contributed by atoms with Gasteiger partial charge in [-0.15, -0.1) is 0 Å². The summed E-state index contributed by atoms with van der Waals surface area (Å²) in [6, 6.07) is 15.9. The lowest BCUT2D eigenvalue weighted by Gasteiger charge is -2.30. The zero-order valence-corrected chi connectivity index (χ0v) is 24.6. The predicted molar refractivity (Wildman–Crippen MR) is 159 cm³/mol. The van der Waals surface area contributed by atoms with E-state index in [-0.39, 0.29) is 10.6 Å². The maximum atomic E-state index is 13.7. The number of ether oxygens (including phenoxy) is 2. The maximum absolute atomic E-state index is 13.7. The molecule has 0 radical (unpaired) electrons. The van der Waals surface area contributed by atoms with E-state index in [4.69, 9.17) is 9.47 Å². The fourth-order valence-electron chi connectivity index (χ4n) is 5.37. The van der Waals surface area contributed by atoms with Crippen molar-refractivity contribution in [3.8, 4) is 16.9 Å². The quantitative estimate of drug-likeness (QED) is 0.256. The molecular formula is C32H34N2O6S. The number of pyridine rings is 1. The highest BCUT2D eigenvalue weighted by Gasteiger charge is 2.33. The molecule has 0 fully saturated rings. The van der Waals surface area contributed by atoms with Gasteiger partial charge in [-0.1, -0.05) is 12.1 Å². The molecule has 5 rings (SSSR count). The third-order valence-electron chi connectivity index (χ3n) is 7.13. The standard InChI is InChI=1S/C32H34N2O6S/c1-19-17-25(34-41(37,38)27-12-6-11-24-23(27)10-7-15-33-24)20(2)29(30(31(35)36)40-32(3,4)5)28(19)22-13-14-26-21(18-22)9-8-16-39-26/h6-7,10-15,17-18,30,34H,8-9,16H2,1-5H3,(H,35,36). The summed E-state index contributed by atoms with van der Waals surface area (Å²) >= 11 is 0. The van der Waals surface area contributed by atoms with Gasteiger partial charge < -0.3 is 14.6 Å². The van der Waals surface area contributed by atoms with Crippen molar-refractivity contribution in [3.63, 3.8) is 0 Å². The normalized spacial score (nSPS) is 14.3. The Balaban J connectivity index is 1.70. The summed E-state index contributed by atoms with van der Waals surface area (Å²) in [5.74, 6) is -0.337. The van der Waals surface area contributed by atoms with Gasteiger partial charge in [-0.25, -0.2) is 13.2 Å². The summed E-state index contributed by atoms with van der Waals surface area (Å²) in [7, 11) is -4.06. The number of hydrogen-bond donors (Lipinski definition) is 2. The van der Waals surface area contributed by atoms with Gasteiger partial charge in [0.1, 0.15) is 5.75 Å². The molecular weight excluding hydrogens is 540 g/mol. The van der Waals surface area contributed by atoms with Gasteiger partial charge in [0.05, 0.1) is 28.3 Å². The molecule has 0 saturated heterocycles. The molecule has 0 spiro atoms. The number of sulfonamides is 1. The molecule has 1 aliphatic heterocycles. The van der Waals surface area contributed by atoms with Gasteiger partial charge in [-0.2, -0.15) is 0 Å². The number of aliphatic carboxylic acids is 1. The third-order valence-corrected chi connectivity index (χ3v) is 8.55. The molecule has 1 unspecified atom stereocenters. The topological polar surface area (TPSA) is 115 Å². The van der Waals surface area contributed by atoms with Crippen molar-refractivity contribution >= 4 is 32.6 Å². The molecule has 0 saturated carbocycles. The number of carboxylic acid groups (broad SMARTS) is 1. The van der Waals surface area contributed by atoms with Crippen LogP contribution in [0.5, 0.6) is 5.75 Å². The van der Waals surface area contributed by atoms with Gasteiger partial charge in [0.15, 0.2) is 6.10 Å². The number of aromatic nitrogens is 1. The number of nitrogens with one attached hydrogen (secondary N) is 1.